The molecule has 1 saturated heterocycles. The van der Waals surface area contributed by atoms with Crippen molar-refractivity contribution in [3.63, 3.8) is 0 Å². The van der Waals surface area contributed by atoms with Gasteiger partial charge in [0.15, 0.2) is 0 Å². The monoisotopic (exact) mass is 439 g/mol. The highest BCUT2D eigenvalue weighted by Crippen LogP contribution is 2.46. The minimum absolute atomic E-state index is 0.106. The van der Waals surface area contributed by atoms with Crippen LogP contribution in [-0.4, -0.2) is 42.1 Å². The third kappa shape index (κ3) is 5.58. The number of halogens is 2. The first-order valence-corrected chi connectivity index (χ1v) is 11.6. The summed E-state index contributed by atoms with van der Waals surface area (Å²) in [4.78, 5) is 5.68. The van der Waals surface area contributed by atoms with Crippen LogP contribution in [0.4, 0.5) is 8.78 Å². The molecular weight excluding hydrogens is 400 g/mol. The molecule has 3 rings (SSSR count). The zero-order valence-electron chi connectivity index (χ0n) is 19.9. The third-order valence-corrected chi connectivity index (χ3v) is 6.93. The van der Waals surface area contributed by atoms with Crippen molar-refractivity contribution < 1.29 is 23.1 Å². The minimum Gasteiger partial charge on any atom is -0.432 e. The van der Waals surface area contributed by atoms with Gasteiger partial charge in [0.25, 0.3) is 0 Å². The van der Waals surface area contributed by atoms with Crippen molar-refractivity contribution in [2.45, 2.75) is 102 Å². The molecule has 1 aliphatic carbocycles. The molecule has 1 aliphatic heterocycles. The molecule has 0 N–H and O–H groups in total. The number of nitrogens with zero attached hydrogens (tertiary/aromatic N) is 1. The zero-order chi connectivity index (χ0) is 22.9. The molecule has 2 fully saturated rings. The first-order chi connectivity index (χ1) is 14.5. The van der Waals surface area contributed by atoms with Gasteiger partial charge >= 0.3 is 6.11 Å². The Morgan fingerprint density at radius 3 is 2.00 bits per heavy atom. The molecule has 31 heavy (non-hydrogen) atoms. The molecule has 0 spiro atoms. The molecule has 1 saturated carbocycles. The van der Waals surface area contributed by atoms with Crippen LogP contribution in [0.2, 0.25) is 0 Å². The van der Waals surface area contributed by atoms with Crippen molar-refractivity contribution in [2.75, 3.05) is 13.7 Å². The summed E-state index contributed by atoms with van der Waals surface area (Å²) in [5, 5.41) is 2.08. The van der Waals surface area contributed by atoms with Gasteiger partial charge < -0.3 is 14.3 Å². The van der Waals surface area contributed by atoms with Crippen LogP contribution in [0.15, 0.2) is 24.3 Å². The molecular formula is C25H39F2NO3. The second kappa shape index (κ2) is 9.32. The molecule has 2 aliphatic rings. The quantitative estimate of drug-likeness (QED) is 0.482. The van der Waals surface area contributed by atoms with Crippen LogP contribution in [0.3, 0.4) is 0 Å². The molecule has 176 valence electrons. The van der Waals surface area contributed by atoms with Crippen LogP contribution in [0.1, 0.15) is 84.6 Å². The van der Waals surface area contributed by atoms with E-state index in [9.17, 15) is 8.78 Å². The maximum absolute atomic E-state index is 14.8. The Kier molecular flexibility index (Phi) is 7.34. The summed E-state index contributed by atoms with van der Waals surface area (Å²) in [6.07, 6.45) is 1.01. The summed E-state index contributed by atoms with van der Waals surface area (Å²) in [6, 6.07) is 7.27. The summed E-state index contributed by atoms with van der Waals surface area (Å²) in [6.45, 7) is 11.3. The van der Waals surface area contributed by atoms with Crippen molar-refractivity contribution in [3.05, 3.63) is 29.8 Å². The van der Waals surface area contributed by atoms with E-state index in [4.69, 9.17) is 14.3 Å². The second-order valence-corrected chi connectivity index (χ2v) is 10.4. The fraction of sp³-hybridized carbons (Fsp3) is 0.760. The first-order valence-electron chi connectivity index (χ1n) is 11.6. The Labute approximate surface area is 186 Å². The van der Waals surface area contributed by atoms with E-state index in [0.29, 0.717) is 38.2 Å². The smallest absolute Gasteiger partial charge is 0.400 e. The van der Waals surface area contributed by atoms with Crippen molar-refractivity contribution in [1.82, 2.24) is 5.06 Å². The Hall–Kier alpha value is -1.24. The highest BCUT2D eigenvalue weighted by atomic mass is 19.3. The highest BCUT2D eigenvalue weighted by molar-refractivity contribution is 5.31. The van der Waals surface area contributed by atoms with Crippen LogP contribution in [0.25, 0.3) is 0 Å². The normalized spacial score (nSPS) is 27.2. The fourth-order valence-corrected chi connectivity index (χ4v) is 5.84. The summed E-state index contributed by atoms with van der Waals surface area (Å²) in [5.41, 5.74) is 0.915. The Morgan fingerprint density at radius 1 is 0.968 bits per heavy atom. The van der Waals surface area contributed by atoms with Gasteiger partial charge in [-0.15, -0.1) is 0 Å². The van der Waals surface area contributed by atoms with Gasteiger partial charge in [0.05, 0.1) is 19.1 Å². The molecule has 1 aromatic carbocycles. The van der Waals surface area contributed by atoms with Crippen molar-refractivity contribution in [1.29, 1.82) is 0 Å². The number of hydrogen-bond acceptors (Lipinski definition) is 4. The number of ether oxygens (including phenoxy) is 2. The predicted molar refractivity (Wildman–Crippen MR) is 118 cm³/mol. The van der Waals surface area contributed by atoms with Crippen LogP contribution >= 0.6 is 0 Å². The first kappa shape index (κ1) is 24.4. The lowest BCUT2D eigenvalue weighted by Gasteiger charge is -2.53. The van der Waals surface area contributed by atoms with Crippen molar-refractivity contribution in [2.24, 2.45) is 5.92 Å². The predicted octanol–water partition coefficient (Wildman–Crippen LogP) is 6.55. The Morgan fingerprint density at radius 2 is 1.52 bits per heavy atom. The summed E-state index contributed by atoms with van der Waals surface area (Å²) in [7, 11) is 1.72. The average Bonchev–Trinajstić information content (AvgIpc) is 2.67. The van der Waals surface area contributed by atoms with E-state index in [0.717, 1.165) is 18.4 Å². The molecule has 0 atom stereocenters. The van der Waals surface area contributed by atoms with Gasteiger partial charge in [-0.05, 0) is 96.8 Å². The lowest BCUT2D eigenvalue weighted by molar-refractivity contribution is -0.266. The SMILES string of the molecule is CCOC1CCC(C(F)(F)Oc2ccc(C3CC(C)(C)N(OC)C(C)(C)C3)cc2)CC1. The lowest BCUT2D eigenvalue weighted by atomic mass is 9.73. The third-order valence-electron chi connectivity index (χ3n) is 6.93. The van der Waals surface area contributed by atoms with Gasteiger partial charge in [-0.3, -0.25) is 0 Å². The topological polar surface area (TPSA) is 30.9 Å². The molecule has 0 bridgehead atoms. The summed E-state index contributed by atoms with van der Waals surface area (Å²) >= 11 is 0. The summed E-state index contributed by atoms with van der Waals surface area (Å²) in [5.74, 6) is -0.197. The van der Waals surface area contributed by atoms with E-state index in [1.807, 2.05) is 19.1 Å². The van der Waals surface area contributed by atoms with Crippen molar-refractivity contribution >= 4 is 0 Å². The number of hydroxylamine groups is 2. The molecule has 4 nitrogen and oxygen atoms in total. The van der Waals surface area contributed by atoms with E-state index in [1.165, 1.54) is 0 Å². The molecule has 0 unspecified atom stereocenters. The maximum Gasteiger partial charge on any atom is 0.400 e. The molecule has 1 heterocycles. The molecule has 0 aromatic heterocycles. The standard InChI is InChI=1S/C25H39F2NO3/c1-7-30-21-14-10-20(11-15-21)25(26,27)31-22-12-8-18(9-13-22)19-16-23(2,3)28(29-6)24(4,5)17-19/h8-9,12-13,19-21H,7,10-11,14-17H2,1-6H3. The van der Waals surface area contributed by atoms with E-state index in [1.54, 1.807) is 19.2 Å². The maximum atomic E-state index is 14.8. The largest absolute Gasteiger partial charge is 0.432 e. The van der Waals surface area contributed by atoms with Gasteiger partial charge in [-0.2, -0.15) is 13.8 Å². The lowest BCUT2D eigenvalue weighted by Crippen LogP contribution is -2.59. The molecule has 6 heteroatoms. The molecule has 0 amide bonds. The van der Waals surface area contributed by atoms with Gasteiger partial charge in [0.2, 0.25) is 0 Å². The van der Waals surface area contributed by atoms with Gasteiger partial charge in [-0.25, -0.2) is 0 Å². The van der Waals surface area contributed by atoms with E-state index < -0.39 is 12.0 Å². The van der Waals surface area contributed by atoms with Crippen LogP contribution in [0, 0.1) is 5.92 Å². The number of alkyl halides is 2. The van der Waals surface area contributed by atoms with Crippen molar-refractivity contribution in [3.8, 4) is 5.75 Å². The Balaban J connectivity index is 1.64. The van der Waals surface area contributed by atoms with Crippen LogP contribution in [0.5, 0.6) is 5.75 Å². The number of hydrogen-bond donors (Lipinski definition) is 0. The van der Waals surface area contributed by atoms with E-state index in [2.05, 4.69) is 32.8 Å². The van der Waals surface area contributed by atoms with Gasteiger partial charge in [-0.1, -0.05) is 12.1 Å². The number of rotatable bonds is 7. The number of piperidine rings is 1. The molecule has 0 radical (unpaired) electrons. The van der Waals surface area contributed by atoms with E-state index in [-0.39, 0.29) is 22.9 Å². The van der Waals surface area contributed by atoms with Crippen LogP contribution < -0.4 is 4.74 Å². The second-order valence-electron chi connectivity index (χ2n) is 10.4. The number of benzene rings is 1. The average molecular weight is 440 g/mol. The minimum atomic E-state index is -3.16. The Bertz CT molecular complexity index is 694. The highest BCUT2D eigenvalue weighted by Gasteiger charge is 2.47. The molecule has 1 aromatic rings. The zero-order valence-corrected chi connectivity index (χ0v) is 19.9. The summed E-state index contributed by atoms with van der Waals surface area (Å²) < 4.78 is 40.3. The fourth-order valence-electron chi connectivity index (χ4n) is 5.84. The van der Waals surface area contributed by atoms with Gasteiger partial charge in [0.1, 0.15) is 5.75 Å². The van der Waals surface area contributed by atoms with Gasteiger partial charge in [0, 0.05) is 17.7 Å². The van der Waals surface area contributed by atoms with E-state index >= 15 is 0 Å². The van der Waals surface area contributed by atoms with Crippen LogP contribution in [-0.2, 0) is 9.57 Å².